The maximum absolute atomic E-state index is 10.5. The zero-order chi connectivity index (χ0) is 14.3. The first-order valence-electron chi connectivity index (χ1n) is 5.21. The van der Waals surface area contributed by atoms with Crippen molar-refractivity contribution in [2.75, 3.05) is 6.61 Å². The first-order chi connectivity index (χ1) is 8.23. The number of imidazole rings is 1. The molecule has 104 valence electrons. The van der Waals surface area contributed by atoms with Gasteiger partial charge in [-0.3, -0.25) is 0 Å². The molecule has 0 aliphatic heterocycles. The lowest BCUT2D eigenvalue weighted by atomic mass is 10.5. The number of halogens is 3. The largest absolute Gasteiger partial charge is 0.542 e. The van der Waals surface area contributed by atoms with Gasteiger partial charge in [0.1, 0.15) is 5.97 Å². The van der Waals surface area contributed by atoms with Gasteiger partial charge in [-0.1, -0.05) is 6.92 Å². The van der Waals surface area contributed by atoms with Crippen LogP contribution < -0.4 is 14.4 Å². The molecule has 0 fully saturated rings. The molecule has 8 heteroatoms. The highest BCUT2D eigenvalue weighted by Gasteiger charge is 2.28. The van der Waals surface area contributed by atoms with E-state index in [1.165, 1.54) is 5.82 Å². The molecule has 0 bridgehead atoms. The number of alkyl halides is 3. The number of ether oxygens (including phenoxy) is 1. The van der Waals surface area contributed by atoms with E-state index >= 15 is 0 Å². The number of carboxylic acid groups (broad SMARTS) is 1. The lowest BCUT2D eigenvalue weighted by molar-refractivity contribution is -0.683. The van der Waals surface area contributed by atoms with E-state index in [9.17, 15) is 13.2 Å². The molecule has 5 nitrogen and oxygen atoms in total. The Morgan fingerprint density at radius 1 is 1.50 bits per heavy atom. The first kappa shape index (κ1) is 16.3. The number of rotatable bonds is 3. The molecule has 0 atom stereocenters. The van der Waals surface area contributed by atoms with E-state index in [4.69, 9.17) is 14.6 Å². The maximum Gasteiger partial charge on any atom is 0.430 e. The quantitative estimate of drug-likeness (QED) is 0.790. The van der Waals surface area contributed by atoms with Crippen molar-refractivity contribution in [3.8, 4) is 5.88 Å². The molecular formula is C10H15F3N2O3. The lowest BCUT2D eigenvalue weighted by Gasteiger charge is -2.03. The summed E-state index contributed by atoms with van der Waals surface area (Å²) >= 11 is 0. The Morgan fingerprint density at radius 3 is 2.28 bits per heavy atom. The fourth-order valence-electron chi connectivity index (χ4n) is 1.10. The topological polar surface area (TPSA) is 69.0 Å². The van der Waals surface area contributed by atoms with Gasteiger partial charge in [0.25, 0.3) is 5.82 Å². The maximum atomic E-state index is 10.5. The predicted octanol–water partition coefficient (Wildman–Crippen LogP) is 0.0989. The summed E-state index contributed by atoms with van der Waals surface area (Å²) in [6, 6.07) is 0. The average Bonchev–Trinajstić information content (AvgIpc) is 2.60. The Hall–Kier alpha value is -1.73. The summed E-state index contributed by atoms with van der Waals surface area (Å²) in [5, 5.41) is 8.78. The minimum Gasteiger partial charge on any atom is -0.542 e. The number of aliphatic carboxylic acids is 1. The van der Waals surface area contributed by atoms with Crippen molar-refractivity contribution in [1.82, 2.24) is 4.98 Å². The Balaban J connectivity index is 0.000000360. The third kappa shape index (κ3) is 5.07. The number of nitrogens with zero attached hydrogens (tertiary/aromatic N) is 1. The molecule has 1 N–H and O–H groups in total. The van der Waals surface area contributed by atoms with Crippen LogP contribution in [0.3, 0.4) is 0 Å². The van der Waals surface area contributed by atoms with Crippen LogP contribution in [-0.2, 0) is 18.3 Å². The predicted molar refractivity (Wildman–Crippen MR) is 53.6 cm³/mol. The monoisotopic (exact) mass is 268 g/mol. The zero-order valence-corrected chi connectivity index (χ0v) is 10.3. The molecule has 1 rings (SSSR count). The first-order valence-corrected chi connectivity index (χ1v) is 5.21. The van der Waals surface area contributed by atoms with Gasteiger partial charge in [0.2, 0.25) is 0 Å². The number of aryl methyl sites for hydroxylation is 1. The smallest absolute Gasteiger partial charge is 0.430 e. The van der Waals surface area contributed by atoms with Crippen LogP contribution >= 0.6 is 0 Å². The molecule has 0 spiro atoms. The second kappa shape index (κ2) is 6.87. The van der Waals surface area contributed by atoms with Crippen LogP contribution in [0.1, 0.15) is 19.7 Å². The van der Waals surface area contributed by atoms with Crippen molar-refractivity contribution in [3.63, 3.8) is 0 Å². The number of carbonyl (C=O) groups is 1. The number of nitrogens with one attached hydrogen (secondary N) is 1. The van der Waals surface area contributed by atoms with Crippen LogP contribution in [0.2, 0.25) is 0 Å². The second-order valence-electron chi connectivity index (χ2n) is 3.20. The molecule has 0 amide bonds. The van der Waals surface area contributed by atoms with Gasteiger partial charge >= 0.3 is 12.1 Å². The van der Waals surface area contributed by atoms with Gasteiger partial charge in [0.15, 0.2) is 6.20 Å². The molecule has 1 heterocycles. The second-order valence-corrected chi connectivity index (χ2v) is 3.20. The molecule has 0 aliphatic rings. The van der Waals surface area contributed by atoms with Crippen LogP contribution in [0, 0.1) is 0 Å². The molecule has 18 heavy (non-hydrogen) atoms. The van der Waals surface area contributed by atoms with Gasteiger partial charge in [0.05, 0.1) is 13.7 Å². The normalized spacial score (nSPS) is 10.6. The van der Waals surface area contributed by atoms with Gasteiger partial charge in [-0.15, -0.1) is 0 Å². The number of aromatic amines is 1. The molecule has 0 saturated carbocycles. The van der Waals surface area contributed by atoms with Gasteiger partial charge in [0, 0.05) is 6.42 Å². The average molecular weight is 268 g/mol. The van der Waals surface area contributed by atoms with E-state index < -0.39 is 12.1 Å². The van der Waals surface area contributed by atoms with Crippen molar-refractivity contribution in [3.05, 3.63) is 12.0 Å². The molecule has 0 saturated heterocycles. The van der Waals surface area contributed by atoms with Gasteiger partial charge in [-0.05, 0) is 6.92 Å². The third-order valence-corrected chi connectivity index (χ3v) is 1.96. The highest BCUT2D eigenvalue weighted by Crippen LogP contribution is 2.11. The van der Waals surface area contributed by atoms with E-state index in [2.05, 4.69) is 11.9 Å². The molecule has 0 unspecified atom stereocenters. The van der Waals surface area contributed by atoms with E-state index in [1.54, 1.807) is 0 Å². The highest BCUT2D eigenvalue weighted by atomic mass is 19.4. The number of carbonyl (C=O) groups excluding carboxylic acids is 1. The Kier molecular flexibility index (Phi) is 6.21. The van der Waals surface area contributed by atoms with Crippen LogP contribution in [0.4, 0.5) is 13.2 Å². The molecule has 0 radical (unpaired) electrons. The van der Waals surface area contributed by atoms with Gasteiger partial charge in [-0.25, -0.2) is 9.55 Å². The van der Waals surface area contributed by atoms with Crippen molar-refractivity contribution in [2.45, 2.75) is 26.4 Å². The zero-order valence-electron chi connectivity index (χ0n) is 10.3. The van der Waals surface area contributed by atoms with E-state index in [0.717, 1.165) is 18.9 Å². The third-order valence-electron chi connectivity index (χ3n) is 1.96. The summed E-state index contributed by atoms with van der Waals surface area (Å²) in [4.78, 5) is 11.9. The van der Waals surface area contributed by atoms with Crippen molar-refractivity contribution >= 4 is 5.97 Å². The van der Waals surface area contributed by atoms with Crippen LogP contribution in [0.25, 0.3) is 0 Å². The lowest BCUT2D eigenvalue weighted by Crippen LogP contribution is -2.37. The van der Waals surface area contributed by atoms with Crippen molar-refractivity contribution < 1.29 is 32.4 Å². The number of hydrogen-bond donors (Lipinski definition) is 1. The Labute approximate surface area is 102 Å². The summed E-state index contributed by atoms with van der Waals surface area (Å²) in [5.41, 5.74) is 0. The summed E-state index contributed by atoms with van der Waals surface area (Å²) < 4.78 is 38.9. The van der Waals surface area contributed by atoms with E-state index in [0.29, 0.717) is 0 Å². The fourth-order valence-corrected chi connectivity index (χ4v) is 1.10. The molecular weight excluding hydrogens is 253 g/mol. The molecule has 0 aliphatic carbocycles. The minimum absolute atomic E-state index is 0.717. The number of hydrogen-bond acceptors (Lipinski definition) is 3. The number of carboxylic acids is 1. The molecule has 0 aromatic carbocycles. The van der Waals surface area contributed by atoms with Crippen LogP contribution in [0.5, 0.6) is 5.88 Å². The summed E-state index contributed by atoms with van der Waals surface area (Å²) in [5.74, 6) is -0.912. The van der Waals surface area contributed by atoms with E-state index in [1.807, 2.05) is 24.7 Å². The highest BCUT2D eigenvalue weighted by molar-refractivity contribution is 5.70. The fraction of sp³-hybridized carbons (Fsp3) is 0.600. The number of aromatic nitrogens is 2. The minimum atomic E-state index is -5.19. The number of H-pyrrole nitrogens is 1. The van der Waals surface area contributed by atoms with Crippen molar-refractivity contribution in [2.24, 2.45) is 7.05 Å². The van der Waals surface area contributed by atoms with Crippen molar-refractivity contribution in [1.29, 1.82) is 0 Å². The Morgan fingerprint density at radius 2 is 2.00 bits per heavy atom. The van der Waals surface area contributed by atoms with Gasteiger partial charge < -0.3 is 14.6 Å². The summed E-state index contributed by atoms with van der Waals surface area (Å²) in [6.45, 7) is 4.81. The molecule has 1 aromatic rings. The summed E-state index contributed by atoms with van der Waals surface area (Å²) in [6.07, 6.45) is -2.30. The SMILES string of the molecule is CCOc1c[nH]c(CC)[n+]1C.O=C([O-])C(F)(F)F. The molecule has 1 aromatic heterocycles. The summed E-state index contributed by atoms with van der Waals surface area (Å²) in [7, 11) is 2.00. The Bertz CT molecular complexity index is 388. The van der Waals surface area contributed by atoms with Crippen LogP contribution in [0.15, 0.2) is 6.20 Å². The van der Waals surface area contributed by atoms with E-state index in [-0.39, 0.29) is 0 Å². The standard InChI is InChI=1S/C8H14N2O.C2HF3O2/c1-4-7-9-6-8(10(7)3)11-5-2;3-2(4,5)1(6)7/h6H,4-5H2,1-3H3;(H,6,7). The van der Waals surface area contributed by atoms with Crippen LogP contribution in [-0.4, -0.2) is 23.7 Å². The van der Waals surface area contributed by atoms with Gasteiger partial charge in [-0.2, -0.15) is 13.2 Å².